The van der Waals surface area contributed by atoms with Gasteiger partial charge in [0.2, 0.25) is 0 Å². The number of rotatable bonds is 10. The Hall–Kier alpha value is -2.10. The van der Waals surface area contributed by atoms with Crippen molar-refractivity contribution in [3.05, 3.63) is 41.3 Å². The molecule has 0 fully saturated rings. The number of hydrogen-bond acceptors (Lipinski definition) is 6. The zero-order valence-corrected chi connectivity index (χ0v) is 17.2. The highest BCUT2D eigenvalue weighted by molar-refractivity contribution is 7.91. The molecule has 9 heteroatoms. The molecule has 1 heterocycles. The topological polar surface area (TPSA) is 84.9 Å². The van der Waals surface area contributed by atoms with E-state index in [0.717, 1.165) is 16.2 Å². The Morgan fingerprint density at radius 2 is 1.78 bits per heavy atom. The van der Waals surface area contributed by atoms with Crippen LogP contribution in [0.15, 0.2) is 40.6 Å². The predicted octanol–water partition coefficient (Wildman–Crippen LogP) is 2.48. The standard InChI is InChI=1S/C18H24N2O5S2/c1-4-20(5-2)27(22,23)18-11-10-14(26-18)12-19-17(21)13-25-16-9-7-6-8-15(16)24-3/h6-11H,4-5,12-13H2,1-3H3,(H,19,21). The molecule has 0 saturated carbocycles. The molecule has 0 unspecified atom stereocenters. The Labute approximate surface area is 164 Å². The number of nitrogens with one attached hydrogen (secondary N) is 1. The molecular weight excluding hydrogens is 388 g/mol. The highest BCUT2D eigenvalue weighted by Crippen LogP contribution is 2.26. The molecule has 0 radical (unpaired) electrons. The van der Waals surface area contributed by atoms with Crippen LogP contribution in [0.1, 0.15) is 18.7 Å². The largest absolute Gasteiger partial charge is 0.493 e. The molecule has 1 aromatic carbocycles. The van der Waals surface area contributed by atoms with Gasteiger partial charge in [0.25, 0.3) is 15.9 Å². The van der Waals surface area contributed by atoms with E-state index in [9.17, 15) is 13.2 Å². The molecule has 2 rings (SSSR count). The van der Waals surface area contributed by atoms with Gasteiger partial charge in [-0.3, -0.25) is 4.79 Å². The first kappa shape index (κ1) is 21.2. The van der Waals surface area contributed by atoms with Crippen molar-refractivity contribution < 1.29 is 22.7 Å². The first-order chi connectivity index (χ1) is 12.9. The van der Waals surface area contributed by atoms with Gasteiger partial charge in [-0.25, -0.2) is 8.42 Å². The Kier molecular flexibility index (Phi) is 7.64. The van der Waals surface area contributed by atoms with E-state index in [1.165, 1.54) is 11.4 Å². The van der Waals surface area contributed by atoms with E-state index < -0.39 is 10.0 Å². The number of amides is 1. The molecule has 0 spiro atoms. The molecule has 0 aliphatic rings. The lowest BCUT2D eigenvalue weighted by atomic mass is 10.3. The van der Waals surface area contributed by atoms with Gasteiger partial charge in [0, 0.05) is 18.0 Å². The number of hydrogen-bond donors (Lipinski definition) is 1. The lowest BCUT2D eigenvalue weighted by Crippen LogP contribution is -2.30. The third-order valence-electron chi connectivity index (χ3n) is 3.82. The second-order valence-corrected chi connectivity index (χ2v) is 8.86. The SMILES string of the molecule is CCN(CC)S(=O)(=O)c1ccc(CNC(=O)COc2ccccc2OC)s1. The van der Waals surface area contributed by atoms with Crippen LogP contribution in [0.25, 0.3) is 0 Å². The summed E-state index contributed by atoms with van der Waals surface area (Å²) < 4.78 is 37.3. The van der Waals surface area contributed by atoms with Crippen molar-refractivity contribution in [1.82, 2.24) is 9.62 Å². The zero-order valence-electron chi connectivity index (χ0n) is 15.6. The van der Waals surface area contributed by atoms with Gasteiger partial charge in [0.1, 0.15) is 4.21 Å². The molecule has 0 aliphatic heterocycles. The highest BCUT2D eigenvalue weighted by Gasteiger charge is 2.23. The average Bonchev–Trinajstić information content (AvgIpc) is 3.15. The fourth-order valence-corrected chi connectivity index (χ4v) is 5.31. The van der Waals surface area contributed by atoms with E-state index in [2.05, 4.69) is 5.32 Å². The summed E-state index contributed by atoms with van der Waals surface area (Å²) >= 11 is 1.16. The van der Waals surface area contributed by atoms with Crippen molar-refractivity contribution in [3.63, 3.8) is 0 Å². The molecule has 0 aliphatic carbocycles. The molecule has 7 nitrogen and oxygen atoms in total. The summed E-state index contributed by atoms with van der Waals surface area (Å²) in [7, 11) is -1.94. The minimum absolute atomic E-state index is 0.156. The number of thiophene rings is 1. The molecule has 1 amide bonds. The van der Waals surface area contributed by atoms with Crippen molar-refractivity contribution in [2.75, 3.05) is 26.8 Å². The van der Waals surface area contributed by atoms with Gasteiger partial charge >= 0.3 is 0 Å². The van der Waals surface area contributed by atoms with E-state index in [4.69, 9.17) is 9.47 Å². The number of benzene rings is 1. The lowest BCUT2D eigenvalue weighted by Gasteiger charge is -2.16. The van der Waals surface area contributed by atoms with E-state index >= 15 is 0 Å². The second kappa shape index (κ2) is 9.72. The van der Waals surface area contributed by atoms with Gasteiger partial charge in [-0.05, 0) is 24.3 Å². The molecule has 1 aromatic heterocycles. The molecule has 0 atom stereocenters. The van der Waals surface area contributed by atoms with Crippen molar-refractivity contribution in [2.24, 2.45) is 0 Å². The fraction of sp³-hybridized carbons (Fsp3) is 0.389. The van der Waals surface area contributed by atoms with Crippen molar-refractivity contribution in [3.8, 4) is 11.5 Å². The van der Waals surface area contributed by atoms with Gasteiger partial charge in [0.05, 0.1) is 13.7 Å². The highest BCUT2D eigenvalue weighted by atomic mass is 32.2. The summed E-state index contributed by atoms with van der Waals surface area (Å²) in [5.41, 5.74) is 0. The average molecular weight is 413 g/mol. The number of para-hydroxylation sites is 2. The third kappa shape index (κ3) is 5.44. The molecule has 27 heavy (non-hydrogen) atoms. The van der Waals surface area contributed by atoms with Gasteiger partial charge in [0.15, 0.2) is 18.1 Å². The first-order valence-corrected chi connectivity index (χ1v) is 10.8. The summed E-state index contributed by atoms with van der Waals surface area (Å²) in [4.78, 5) is 12.8. The van der Waals surface area contributed by atoms with E-state index in [1.807, 2.05) is 6.07 Å². The van der Waals surface area contributed by atoms with Crippen LogP contribution in [0.2, 0.25) is 0 Å². The van der Waals surface area contributed by atoms with E-state index in [0.29, 0.717) is 24.6 Å². The van der Waals surface area contributed by atoms with Gasteiger partial charge < -0.3 is 14.8 Å². The van der Waals surface area contributed by atoms with Crippen LogP contribution >= 0.6 is 11.3 Å². The molecular formula is C18H24N2O5S2. The normalized spacial score (nSPS) is 11.4. The monoisotopic (exact) mass is 412 g/mol. The van der Waals surface area contributed by atoms with Crippen LogP contribution < -0.4 is 14.8 Å². The van der Waals surface area contributed by atoms with Crippen LogP contribution in [0.5, 0.6) is 11.5 Å². The lowest BCUT2D eigenvalue weighted by molar-refractivity contribution is -0.123. The van der Waals surface area contributed by atoms with Gasteiger partial charge in [-0.1, -0.05) is 26.0 Å². The molecule has 2 aromatic rings. The van der Waals surface area contributed by atoms with Crippen LogP contribution in [0, 0.1) is 0 Å². The molecule has 1 N–H and O–H groups in total. The van der Waals surface area contributed by atoms with Crippen molar-refractivity contribution in [1.29, 1.82) is 0 Å². The second-order valence-electron chi connectivity index (χ2n) is 5.53. The summed E-state index contributed by atoms with van der Waals surface area (Å²) in [6, 6.07) is 10.4. The Balaban J connectivity index is 1.90. The summed E-state index contributed by atoms with van der Waals surface area (Å²) in [5, 5.41) is 2.73. The quantitative estimate of drug-likeness (QED) is 0.648. The van der Waals surface area contributed by atoms with E-state index in [-0.39, 0.29) is 23.3 Å². The van der Waals surface area contributed by atoms with Gasteiger partial charge in [-0.2, -0.15) is 4.31 Å². The third-order valence-corrected chi connectivity index (χ3v) is 7.43. The number of methoxy groups -OCH3 is 1. The number of nitrogens with zero attached hydrogens (tertiary/aromatic N) is 1. The molecule has 0 saturated heterocycles. The Bertz CT molecular complexity index is 860. The maximum Gasteiger partial charge on any atom is 0.258 e. The number of carbonyl (C=O) groups is 1. The summed E-state index contributed by atoms with van der Waals surface area (Å²) in [6.07, 6.45) is 0. The minimum Gasteiger partial charge on any atom is -0.493 e. The zero-order chi connectivity index (χ0) is 19.9. The minimum atomic E-state index is -3.47. The van der Waals surface area contributed by atoms with Crippen molar-refractivity contribution >= 4 is 27.3 Å². The van der Waals surface area contributed by atoms with E-state index in [1.54, 1.807) is 44.2 Å². The van der Waals surface area contributed by atoms with Gasteiger partial charge in [-0.15, -0.1) is 11.3 Å². The predicted molar refractivity (Wildman–Crippen MR) is 105 cm³/mol. The van der Waals surface area contributed by atoms with Crippen molar-refractivity contribution in [2.45, 2.75) is 24.6 Å². The molecule has 148 valence electrons. The molecule has 0 bridgehead atoms. The summed E-state index contributed by atoms with van der Waals surface area (Å²) in [6.45, 7) is 4.53. The first-order valence-electron chi connectivity index (χ1n) is 8.53. The smallest absolute Gasteiger partial charge is 0.258 e. The van der Waals surface area contributed by atoms with Crippen LogP contribution in [-0.4, -0.2) is 45.4 Å². The Morgan fingerprint density at radius 3 is 2.41 bits per heavy atom. The maximum absolute atomic E-state index is 12.5. The number of sulfonamides is 1. The fourth-order valence-electron chi connectivity index (χ4n) is 2.40. The maximum atomic E-state index is 12.5. The number of carbonyl (C=O) groups excluding carboxylic acids is 1. The van der Waals surface area contributed by atoms with Crippen LogP contribution in [-0.2, 0) is 21.4 Å². The number of ether oxygens (including phenoxy) is 2. The Morgan fingerprint density at radius 1 is 1.11 bits per heavy atom. The van der Waals surface area contributed by atoms with Crippen LogP contribution in [0.3, 0.4) is 0 Å². The van der Waals surface area contributed by atoms with Crippen LogP contribution in [0.4, 0.5) is 0 Å². The summed E-state index contributed by atoms with van der Waals surface area (Å²) in [5.74, 6) is 0.733.